The topological polar surface area (TPSA) is 78.1 Å². The van der Waals surface area contributed by atoms with Crippen LogP contribution in [0.25, 0.3) is 33.4 Å². The summed E-state index contributed by atoms with van der Waals surface area (Å²) in [5, 5.41) is 0. The van der Waals surface area contributed by atoms with Crippen LogP contribution in [0.4, 0.5) is 17.1 Å². The van der Waals surface area contributed by atoms with E-state index in [-0.39, 0.29) is 0 Å². The van der Waals surface area contributed by atoms with E-state index in [0.29, 0.717) is 17.1 Å². The molecule has 0 saturated carbocycles. The lowest BCUT2D eigenvalue weighted by Gasteiger charge is -2.15. The molecule has 0 bridgehead atoms. The minimum absolute atomic E-state index is 0.660. The van der Waals surface area contributed by atoms with Gasteiger partial charge < -0.3 is 17.2 Å². The zero-order valence-corrected chi connectivity index (χ0v) is 26.2. The van der Waals surface area contributed by atoms with E-state index in [1.165, 1.54) is 0 Å². The van der Waals surface area contributed by atoms with Gasteiger partial charge in [-0.25, -0.2) is 0 Å². The normalized spacial score (nSPS) is 11.1. The van der Waals surface area contributed by atoms with Gasteiger partial charge in [-0.05, 0) is 184 Å². The highest BCUT2D eigenvalue weighted by Gasteiger charge is 2.14. The Kier molecular flexibility index (Phi) is 7.68. The van der Waals surface area contributed by atoms with Gasteiger partial charge >= 0.3 is 0 Å². The Morgan fingerprint density at radius 1 is 0.303 bits per heavy atom. The van der Waals surface area contributed by atoms with Crippen molar-refractivity contribution in [1.29, 1.82) is 0 Å². The van der Waals surface area contributed by atoms with Crippen molar-refractivity contribution < 1.29 is 0 Å². The lowest BCUT2D eigenvalue weighted by molar-refractivity contribution is 1.51. The zero-order valence-electron chi connectivity index (χ0n) is 16.7. The van der Waals surface area contributed by atoms with Gasteiger partial charge in [0.25, 0.3) is 0 Å². The predicted octanol–water partition coefficient (Wildman–Crippen LogP) is 10.0. The molecule has 0 aliphatic heterocycles. The van der Waals surface area contributed by atoms with E-state index in [4.69, 9.17) is 17.2 Å². The Hall–Kier alpha value is -0.840. The molecule has 3 nitrogen and oxygen atoms in total. The molecule has 0 unspecified atom stereocenters. The zero-order chi connectivity index (χ0) is 24.0. The molecular formula is C24H15Br6N3. The van der Waals surface area contributed by atoms with E-state index >= 15 is 0 Å². The molecule has 0 amide bonds. The van der Waals surface area contributed by atoms with Crippen molar-refractivity contribution in [2.24, 2.45) is 0 Å². The highest BCUT2D eigenvalue weighted by Crippen LogP contribution is 2.41. The first-order valence-electron chi connectivity index (χ1n) is 9.45. The summed E-state index contributed by atoms with van der Waals surface area (Å²) in [7, 11) is 0. The van der Waals surface area contributed by atoms with Crippen LogP contribution in [-0.4, -0.2) is 0 Å². The smallest absolute Gasteiger partial charge is 0.0603 e. The highest BCUT2D eigenvalue weighted by molar-refractivity contribution is 9.12. The SMILES string of the molecule is Nc1c(Br)cc(-c2cc(-c3cc(Br)c(N)c(Br)c3)cc(-c3cc(Br)c(N)c(Br)c3)c2)cc1Br. The highest BCUT2D eigenvalue weighted by atomic mass is 79.9. The molecule has 4 aromatic carbocycles. The van der Waals surface area contributed by atoms with Gasteiger partial charge in [-0.3, -0.25) is 0 Å². The minimum Gasteiger partial charge on any atom is -0.397 e. The molecule has 0 aliphatic carbocycles. The third-order valence-corrected chi connectivity index (χ3v) is 9.11. The standard InChI is InChI=1S/C24H15Br6N3/c25-16-4-13(5-17(26)22(16)31)10-1-11(14-6-18(27)23(32)19(28)7-14)3-12(2-10)15-8-20(29)24(33)21(30)9-15/h1-9H,31-33H2. The Morgan fingerprint density at radius 3 is 0.636 bits per heavy atom. The summed E-state index contributed by atoms with van der Waals surface area (Å²) in [5.41, 5.74) is 26.5. The molecule has 9 heteroatoms. The fraction of sp³-hybridized carbons (Fsp3) is 0. The Bertz CT molecular complexity index is 1170. The molecule has 0 radical (unpaired) electrons. The van der Waals surface area contributed by atoms with Crippen molar-refractivity contribution >= 4 is 113 Å². The molecule has 0 atom stereocenters. The van der Waals surface area contributed by atoms with E-state index in [1.54, 1.807) is 0 Å². The first kappa shape index (κ1) is 25.3. The number of hydrogen-bond donors (Lipinski definition) is 3. The summed E-state index contributed by atoms with van der Waals surface area (Å²) in [4.78, 5) is 0. The number of hydrogen-bond acceptors (Lipinski definition) is 3. The first-order valence-corrected chi connectivity index (χ1v) is 14.2. The Morgan fingerprint density at radius 2 is 0.455 bits per heavy atom. The van der Waals surface area contributed by atoms with E-state index in [2.05, 4.69) is 114 Å². The van der Waals surface area contributed by atoms with Crippen LogP contribution in [0.1, 0.15) is 0 Å². The lowest BCUT2D eigenvalue weighted by Crippen LogP contribution is -1.93. The number of anilines is 3. The van der Waals surface area contributed by atoms with Crippen LogP contribution < -0.4 is 17.2 Å². The molecule has 33 heavy (non-hydrogen) atoms. The molecule has 0 saturated heterocycles. The summed E-state index contributed by atoms with van der Waals surface area (Å²) in [6.45, 7) is 0. The second-order valence-corrected chi connectivity index (χ2v) is 12.5. The van der Waals surface area contributed by atoms with E-state index < -0.39 is 0 Å². The molecule has 6 N–H and O–H groups in total. The quantitative estimate of drug-likeness (QED) is 0.180. The third-order valence-electron chi connectivity index (χ3n) is 5.17. The van der Waals surface area contributed by atoms with Gasteiger partial charge in [-0.2, -0.15) is 0 Å². The lowest BCUT2D eigenvalue weighted by atomic mass is 9.93. The Balaban J connectivity index is 2.00. The third kappa shape index (κ3) is 5.23. The van der Waals surface area contributed by atoms with Crippen molar-refractivity contribution in [2.45, 2.75) is 0 Å². The summed E-state index contributed by atoms with van der Waals surface area (Å²) in [6.07, 6.45) is 0. The van der Waals surface area contributed by atoms with Gasteiger partial charge in [-0.15, -0.1) is 0 Å². The van der Waals surface area contributed by atoms with Crippen LogP contribution in [0.2, 0.25) is 0 Å². The average molecular weight is 825 g/mol. The van der Waals surface area contributed by atoms with Gasteiger partial charge in [0, 0.05) is 26.8 Å². The first-order chi connectivity index (χ1) is 15.5. The van der Waals surface area contributed by atoms with E-state index in [1.807, 2.05) is 36.4 Å². The van der Waals surface area contributed by atoms with Gasteiger partial charge in [0.05, 0.1) is 17.1 Å². The van der Waals surface area contributed by atoms with Crippen molar-refractivity contribution in [3.8, 4) is 33.4 Å². The fourth-order valence-corrected chi connectivity index (χ4v) is 6.94. The van der Waals surface area contributed by atoms with Crippen LogP contribution in [-0.2, 0) is 0 Å². The van der Waals surface area contributed by atoms with Crippen LogP contribution in [0, 0.1) is 0 Å². The summed E-state index contributed by atoms with van der Waals surface area (Å²) in [6, 6.07) is 18.6. The van der Waals surface area contributed by atoms with Crippen LogP contribution in [0.3, 0.4) is 0 Å². The van der Waals surface area contributed by atoms with Gasteiger partial charge in [0.15, 0.2) is 0 Å². The number of rotatable bonds is 3. The van der Waals surface area contributed by atoms with Crippen LogP contribution in [0.5, 0.6) is 0 Å². The number of nitrogen functional groups attached to an aromatic ring is 3. The molecule has 4 rings (SSSR count). The monoisotopic (exact) mass is 819 g/mol. The predicted molar refractivity (Wildman–Crippen MR) is 162 cm³/mol. The largest absolute Gasteiger partial charge is 0.397 e. The molecule has 0 aliphatic rings. The Labute approximate surface area is 242 Å². The molecule has 168 valence electrons. The molecule has 0 aromatic heterocycles. The summed E-state index contributed by atoms with van der Waals surface area (Å²) in [5.74, 6) is 0. The van der Waals surface area contributed by atoms with Crippen molar-refractivity contribution in [2.75, 3.05) is 17.2 Å². The summed E-state index contributed by atoms with van der Waals surface area (Å²) >= 11 is 21.4. The second-order valence-electron chi connectivity index (χ2n) is 7.36. The maximum absolute atomic E-state index is 6.13. The van der Waals surface area contributed by atoms with Crippen LogP contribution >= 0.6 is 95.6 Å². The van der Waals surface area contributed by atoms with Crippen molar-refractivity contribution in [1.82, 2.24) is 0 Å². The average Bonchev–Trinajstić information content (AvgIpc) is 2.78. The van der Waals surface area contributed by atoms with E-state index in [0.717, 1.165) is 60.2 Å². The minimum atomic E-state index is 0.660. The molecule has 0 spiro atoms. The van der Waals surface area contributed by atoms with E-state index in [9.17, 15) is 0 Å². The van der Waals surface area contributed by atoms with Crippen LogP contribution in [0.15, 0.2) is 81.4 Å². The second kappa shape index (κ2) is 10.0. The molecule has 4 aromatic rings. The van der Waals surface area contributed by atoms with Crippen molar-refractivity contribution in [3.63, 3.8) is 0 Å². The fourth-order valence-electron chi connectivity index (χ4n) is 3.38. The molecule has 0 heterocycles. The van der Waals surface area contributed by atoms with Gasteiger partial charge in [0.1, 0.15) is 0 Å². The molecule has 0 fully saturated rings. The summed E-state index contributed by atoms with van der Waals surface area (Å²) < 4.78 is 4.97. The number of halogens is 6. The maximum Gasteiger partial charge on any atom is 0.0603 e. The van der Waals surface area contributed by atoms with Crippen molar-refractivity contribution in [3.05, 3.63) is 81.4 Å². The molecular weight excluding hydrogens is 810 g/mol. The number of nitrogens with two attached hydrogens (primary N) is 3. The number of benzene rings is 4. The van der Waals surface area contributed by atoms with Gasteiger partial charge in [0.2, 0.25) is 0 Å². The van der Waals surface area contributed by atoms with Gasteiger partial charge in [-0.1, -0.05) is 0 Å². The maximum atomic E-state index is 6.13.